The molecule has 0 spiro atoms. The Hall–Kier alpha value is -2.35. The lowest BCUT2D eigenvalue weighted by molar-refractivity contribution is -0.115. The van der Waals surface area contributed by atoms with E-state index in [1.54, 1.807) is 0 Å². The molecule has 1 aliphatic carbocycles. The number of carbonyl (C=O) groups excluding carboxylic acids is 1. The number of hydrogen-bond donors (Lipinski definition) is 0. The van der Waals surface area contributed by atoms with Gasteiger partial charge in [-0.05, 0) is 59.7 Å². The summed E-state index contributed by atoms with van der Waals surface area (Å²) in [6.07, 6.45) is 5.40. The molecule has 0 unspecified atom stereocenters. The Kier molecular flexibility index (Phi) is 4.92. The highest BCUT2D eigenvalue weighted by Crippen LogP contribution is 2.28. The summed E-state index contributed by atoms with van der Waals surface area (Å²) in [4.78, 5) is 12.1. The van der Waals surface area contributed by atoms with Crippen molar-refractivity contribution in [1.82, 2.24) is 0 Å². The van der Waals surface area contributed by atoms with E-state index in [9.17, 15) is 4.79 Å². The molecule has 0 heterocycles. The van der Waals surface area contributed by atoms with Crippen LogP contribution in [-0.4, -0.2) is 5.78 Å². The first-order valence-corrected chi connectivity index (χ1v) is 8.29. The molecular weight excluding hydrogens is 284 g/mol. The Morgan fingerprint density at radius 2 is 1.91 bits per heavy atom. The first-order valence-electron chi connectivity index (χ1n) is 8.29. The number of rotatable bonds is 6. The van der Waals surface area contributed by atoms with Crippen molar-refractivity contribution in [2.75, 3.05) is 0 Å². The van der Waals surface area contributed by atoms with Gasteiger partial charge in [0.15, 0.2) is 5.78 Å². The first-order chi connectivity index (χ1) is 11.3. The largest absolute Gasteiger partial charge is 0.489 e. The van der Waals surface area contributed by atoms with Gasteiger partial charge in [-0.3, -0.25) is 4.79 Å². The number of aryl methyl sites for hydroxylation is 1. The van der Waals surface area contributed by atoms with Gasteiger partial charge < -0.3 is 4.74 Å². The van der Waals surface area contributed by atoms with Crippen molar-refractivity contribution in [2.45, 2.75) is 39.2 Å². The summed E-state index contributed by atoms with van der Waals surface area (Å²) in [5.41, 5.74) is 4.53. The van der Waals surface area contributed by atoms with Gasteiger partial charge >= 0.3 is 0 Å². The fourth-order valence-corrected chi connectivity index (χ4v) is 2.90. The molecule has 1 aliphatic rings. The maximum atomic E-state index is 12.1. The third-order valence-electron chi connectivity index (χ3n) is 4.19. The fourth-order valence-electron chi connectivity index (χ4n) is 2.90. The minimum atomic E-state index is 0.286. The molecule has 0 atom stereocenters. The van der Waals surface area contributed by atoms with Crippen LogP contribution in [0.5, 0.6) is 5.75 Å². The Morgan fingerprint density at radius 3 is 2.70 bits per heavy atom. The summed E-state index contributed by atoms with van der Waals surface area (Å²) in [6.45, 7) is 2.61. The van der Waals surface area contributed by atoms with Crippen molar-refractivity contribution in [2.24, 2.45) is 0 Å². The second-order valence-corrected chi connectivity index (χ2v) is 5.98. The van der Waals surface area contributed by atoms with Gasteiger partial charge in [0.05, 0.1) is 0 Å². The highest BCUT2D eigenvalue weighted by molar-refractivity contribution is 6.00. The molecular formula is C21H22O2. The van der Waals surface area contributed by atoms with Crippen LogP contribution in [0.1, 0.15) is 42.9 Å². The van der Waals surface area contributed by atoms with E-state index in [4.69, 9.17) is 4.74 Å². The van der Waals surface area contributed by atoms with E-state index in [2.05, 4.69) is 24.3 Å². The predicted octanol–water partition coefficient (Wildman–Crippen LogP) is 4.96. The molecule has 0 radical (unpaired) electrons. The lowest BCUT2D eigenvalue weighted by atomic mass is 9.89. The molecule has 23 heavy (non-hydrogen) atoms. The predicted molar refractivity (Wildman–Crippen MR) is 93.4 cm³/mol. The number of Topliss-reactive ketones (excluding diaryl/α,β-unsaturated/α-hetero) is 1. The Balaban J connectivity index is 1.74. The minimum absolute atomic E-state index is 0.286. The number of ether oxygens (including phenoxy) is 1. The van der Waals surface area contributed by atoms with Crippen molar-refractivity contribution >= 4 is 11.9 Å². The molecule has 0 aliphatic heterocycles. The van der Waals surface area contributed by atoms with Crippen molar-refractivity contribution in [3.8, 4) is 5.75 Å². The van der Waals surface area contributed by atoms with E-state index >= 15 is 0 Å². The molecule has 0 saturated carbocycles. The third-order valence-corrected chi connectivity index (χ3v) is 4.19. The van der Waals surface area contributed by atoms with Crippen LogP contribution in [0.25, 0.3) is 6.08 Å². The zero-order valence-corrected chi connectivity index (χ0v) is 13.5. The summed E-state index contributed by atoms with van der Waals surface area (Å²) >= 11 is 0. The van der Waals surface area contributed by atoms with E-state index in [1.165, 1.54) is 5.56 Å². The summed E-state index contributed by atoms with van der Waals surface area (Å²) in [6, 6.07) is 16.3. The highest BCUT2D eigenvalue weighted by Gasteiger charge is 2.16. The van der Waals surface area contributed by atoms with E-state index < -0.39 is 0 Å². The SMILES string of the molecule is CCCC(=O)C1=Cc2cc(OCc3ccccc3)ccc2CC1. The molecule has 0 bridgehead atoms. The van der Waals surface area contributed by atoms with Gasteiger partial charge in [-0.15, -0.1) is 0 Å². The zero-order valence-electron chi connectivity index (χ0n) is 13.5. The van der Waals surface area contributed by atoms with Crippen molar-refractivity contribution < 1.29 is 9.53 Å². The Labute approximate surface area is 137 Å². The molecule has 2 aromatic rings. The van der Waals surface area contributed by atoms with Crippen LogP contribution < -0.4 is 4.74 Å². The molecule has 0 aromatic heterocycles. The van der Waals surface area contributed by atoms with Crippen molar-refractivity contribution in [3.05, 3.63) is 70.8 Å². The normalized spacial score (nSPS) is 13.2. The topological polar surface area (TPSA) is 26.3 Å². The van der Waals surface area contributed by atoms with Gasteiger partial charge in [-0.2, -0.15) is 0 Å². The second-order valence-electron chi connectivity index (χ2n) is 5.98. The van der Waals surface area contributed by atoms with E-state index in [0.29, 0.717) is 13.0 Å². The monoisotopic (exact) mass is 306 g/mol. The van der Waals surface area contributed by atoms with Crippen LogP contribution in [0.4, 0.5) is 0 Å². The highest BCUT2D eigenvalue weighted by atomic mass is 16.5. The van der Waals surface area contributed by atoms with E-state index in [-0.39, 0.29) is 5.78 Å². The summed E-state index contributed by atoms with van der Waals surface area (Å²) in [5.74, 6) is 1.14. The number of ketones is 1. The standard InChI is InChI=1S/C21H22O2/c1-2-6-21(22)18-10-9-17-11-12-20(14-19(17)13-18)23-15-16-7-4-3-5-8-16/h3-5,7-8,11-14H,2,6,9-10,15H2,1H3. The van der Waals surface area contributed by atoms with Crippen LogP contribution in [0, 0.1) is 0 Å². The van der Waals surface area contributed by atoms with E-state index in [1.807, 2.05) is 37.3 Å². The van der Waals surface area contributed by atoms with Crippen LogP contribution in [-0.2, 0) is 17.8 Å². The van der Waals surface area contributed by atoms with Gasteiger partial charge in [0, 0.05) is 6.42 Å². The maximum Gasteiger partial charge on any atom is 0.158 e. The van der Waals surface area contributed by atoms with Crippen molar-refractivity contribution in [1.29, 1.82) is 0 Å². The quantitative estimate of drug-likeness (QED) is 0.753. The summed E-state index contributed by atoms with van der Waals surface area (Å²) < 4.78 is 5.89. The number of hydrogen-bond acceptors (Lipinski definition) is 2. The average molecular weight is 306 g/mol. The van der Waals surface area contributed by atoms with Gasteiger partial charge in [0.25, 0.3) is 0 Å². The maximum absolute atomic E-state index is 12.1. The second kappa shape index (κ2) is 7.28. The Bertz CT molecular complexity index is 714. The molecule has 2 heteroatoms. The Morgan fingerprint density at radius 1 is 1.09 bits per heavy atom. The van der Waals surface area contributed by atoms with E-state index in [0.717, 1.165) is 41.7 Å². The summed E-state index contributed by atoms with van der Waals surface area (Å²) in [7, 11) is 0. The minimum Gasteiger partial charge on any atom is -0.489 e. The molecule has 2 aromatic carbocycles. The summed E-state index contributed by atoms with van der Waals surface area (Å²) in [5, 5.41) is 0. The third kappa shape index (κ3) is 3.89. The number of allylic oxidation sites excluding steroid dienone is 1. The van der Waals surface area contributed by atoms with Crippen LogP contribution >= 0.6 is 0 Å². The smallest absolute Gasteiger partial charge is 0.158 e. The number of benzene rings is 2. The number of fused-ring (bicyclic) bond motifs is 1. The molecule has 0 fully saturated rings. The van der Waals surface area contributed by atoms with Crippen molar-refractivity contribution in [3.63, 3.8) is 0 Å². The van der Waals surface area contributed by atoms with Gasteiger partial charge in [-0.25, -0.2) is 0 Å². The van der Waals surface area contributed by atoms with Gasteiger partial charge in [0.2, 0.25) is 0 Å². The first kappa shape index (κ1) is 15.5. The van der Waals surface area contributed by atoms with Gasteiger partial charge in [0.1, 0.15) is 12.4 Å². The molecule has 0 amide bonds. The zero-order chi connectivity index (χ0) is 16.1. The van der Waals surface area contributed by atoms with Gasteiger partial charge in [-0.1, -0.05) is 43.3 Å². The molecule has 2 nitrogen and oxygen atoms in total. The lowest BCUT2D eigenvalue weighted by Crippen LogP contribution is -2.08. The van der Waals surface area contributed by atoms with Crippen LogP contribution in [0.2, 0.25) is 0 Å². The van der Waals surface area contributed by atoms with Crippen LogP contribution in [0.3, 0.4) is 0 Å². The molecule has 3 rings (SSSR count). The average Bonchev–Trinajstić information content (AvgIpc) is 2.60. The molecule has 0 N–H and O–H groups in total. The number of carbonyl (C=O) groups is 1. The van der Waals surface area contributed by atoms with Crippen LogP contribution in [0.15, 0.2) is 54.1 Å². The fraction of sp³-hybridized carbons (Fsp3) is 0.286. The molecule has 118 valence electrons. The lowest BCUT2D eigenvalue weighted by Gasteiger charge is -2.17. The molecule has 0 saturated heterocycles.